The van der Waals surface area contributed by atoms with Gasteiger partial charge < -0.3 is 15.8 Å². The second-order valence-corrected chi connectivity index (χ2v) is 4.03. The maximum absolute atomic E-state index is 11.5. The first kappa shape index (κ1) is 11.8. The van der Waals surface area contributed by atoms with Crippen LogP contribution in [0.15, 0.2) is 30.7 Å². The van der Waals surface area contributed by atoms with E-state index in [2.05, 4.69) is 15.3 Å². The lowest BCUT2D eigenvalue weighted by Crippen LogP contribution is -2.14. The number of fused-ring (bicyclic) bond motifs is 1. The number of hydrogen-bond acceptors (Lipinski definition) is 5. The minimum atomic E-state index is -0.667. The average molecular weight is 272 g/mol. The number of primary amides is 1. The second-order valence-electron chi connectivity index (χ2n) is 4.03. The van der Waals surface area contributed by atoms with Crippen molar-refractivity contribution in [2.75, 3.05) is 0 Å². The number of nitrogens with two attached hydrogens (primary N) is 1. The van der Waals surface area contributed by atoms with Gasteiger partial charge >= 0.3 is 5.82 Å². The van der Waals surface area contributed by atoms with Gasteiger partial charge in [-0.05, 0) is 11.0 Å². The van der Waals surface area contributed by atoms with Crippen molar-refractivity contribution in [3.05, 3.63) is 46.4 Å². The molecule has 0 aliphatic rings. The molecule has 0 atom stereocenters. The zero-order valence-corrected chi connectivity index (χ0v) is 9.98. The van der Waals surface area contributed by atoms with Crippen molar-refractivity contribution in [1.29, 1.82) is 0 Å². The summed E-state index contributed by atoms with van der Waals surface area (Å²) >= 11 is 0. The van der Waals surface area contributed by atoms with Crippen molar-refractivity contribution in [3.8, 4) is 11.1 Å². The molecule has 3 N–H and O–H groups in total. The average Bonchev–Trinajstić information content (AvgIpc) is 3.06. The van der Waals surface area contributed by atoms with Crippen LogP contribution in [0.25, 0.3) is 16.6 Å². The van der Waals surface area contributed by atoms with Crippen LogP contribution in [0.2, 0.25) is 0 Å². The molecule has 9 heteroatoms. The molecule has 1 amide bonds. The molecule has 3 rings (SSSR count). The third-order valence-electron chi connectivity index (χ3n) is 2.90. The van der Waals surface area contributed by atoms with Crippen LogP contribution in [-0.2, 0) is 0 Å². The Morgan fingerprint density at radius 2 is 2.20 bits per heavy atom. The Bertz CT molecular complexity index is 820. The van der Waals surface area contributed by atoms with Crippen LogP contribution < -0.4 is 5.73 Å². The lowest BCUT2D eigenvalue weighted by Gasteiger charge is -2.04. The van der Waals surface area contributed by atoms with Gasteiger partial charge in [-0.3, -0.25) is 9.89 Å². The fourth-order valence-electron chi connectivity index (χ4n) is 2.06. The second kappa shape index (κ2) is 4.16. The number of carbonyl (C=O) groups is 1. The zero-order chi connectivity index (χ0) is 14.3. The minimum Gasteiger partial charge on any atom is -0.366 e. The van der Waals surface area contributed by atoms with E-state index < -0.39 is 10.8 Å². The van der Waals surface area contributed by atoms with Crippen LogP contribution in [0.3, 0.4) is 0 Å². The summed E-state index contributed by atoms with van der Waals surface area (Å²) in [5.41, 5.74) is 6.96. The van der Waals surface area contributed by atoms with E-state index in [9.17, 15) is 14.9 Å². The molecular weight excluding hydrogens is 264 g/mol. The molecule has 100 valence electrons. The summed E-state index contributed by atoms with van der Waals surface area (Å²) in [6, 6.07) is 2.83. The van der Waals surface area contributed by atoms with Gasteiger partial charge in [0.1, 0.15) is 0 Å². The minimum absolute atomic E-state index is 0.173. The van der Waals surface area contributed by atoms with Gasteiger partial charge in [0, 0.05) is 23.4 Å². The summed E-state index contributed by atoms with van der Waals surface area (Å²) in [7, 11) is 0. The number of aromatic amines is 1. The van der Waals surface area contributed by atoms with Crippen molar-refractivity contribution in [2.24, 2.45) is 5.73 Å². The van der Waals surface area contributed by atoms with E-state index in [1.165, 1.54) is 24.5 Å². The van der Waals surface area contributed by atoms with Gasteiger partial charge in [0.15, 0.2) is 5.52 Å². The standard InChI is InChI=1S/C11H8N6O3/c12-11(18)7-5-15-16-8(1-2-9(16)17(19)20)10(7)6-3-13-14-4-6/h1-5H,(H2,12,18)(H,13,14). The van der Waals surface area contributed by atoms with Gasteiger partial charge in [0.05, 0.1) is 18.0 Å². The van der Waals surface area contributed by atoms with Crippen LogP contribution in [0.5, 0.6) is 0 Å². The van der Waals surface area contributed by atoms with Crippen LogP contribution in [0.4, 0.5) is 5.82 Å². The van der Waals surface area contributed by atoms with E-state index in [1.807, 2.05) is 0 Å². The Kier molecular flexibility index (Phi) is 2.46. The topological polar surface area (TPSA) is 132 Å². The van der Waals surface area contributed by atoms with Gasteiger partial charge in [-0.2, -0.15) is 5.10 Å². The fourth-order valence-corrected chi connectivity index (χ4v) is 2.06. The number of nitrogens with zero attached hydrogens (tertiary/aromatic N) is 4. The van der Waals surface area contributed by atoms with Crippen LogP contribution in [0, 0.1) is 10.1 Å². The van der Waals surface area contributed by atoms with Crippen molar-refractivity contribution < 1.29 is 9.72 Å². The van der Waals surface area contributed by atoms with Crippen molar-refractivity contribution >= 4 is 17.2 Å². The first-order chi connectivity index (χ1) is 9.59. The van der Waals surface area contributed by atoms with Crippen molar-refractivity contribution in [2.45, 2.75) is 0 Å². The Balaban J connectivity index is 2.41. The predicted octanol–water partition coefficient (Wildman–Crippen LogP) is 0.731. The number of amides is 1. The number of hydrogen-bond donors (Lipinski definition) is 2. The Morgan fingerprint density at radius 3 is 2.80 bits per heavy atom. The van der Waals surface area contributed by atoms with Crippen molar-refractivity contribution in [3.63, 3.8) is 0 Å². The Morgan fingerprint density at radius 1 is 1.40 bits per heavy atom. The molecule has 3 heterocycles. The third kappa shape index (κ3) is 1.61. The molecule has 0 saturated carbocycles. The lowest BCUT2D eigenvalue weighted by molar-refractivity contribution is -0.390. The summed E-state index contributed by atoms with van der Waals surface area (Å²) in [6.07, 6.45) is 4.28. The number of aromatic nitrogens is 4. The highest BCUT2D eigenvalue weighted by molar-refractivity contribution is 6.03. The molecule has 20 heavy (non-hydrogen) atoms. The maximum atomic E-state index is 11.5. The molecule has 0 aliphatic heterocycles. The van der Waals surface area contributed by atoms with Gasteiger partial charge in [0.25, 0.3) is 5.91 Å². The molecular formula is C11H8N6O3. The number of carbonyl (C=O) groups excluding carboxylic acids is 1. The van der Waals surface area contributed by atoms with Crippen molar-refractivity contribution in [1.82, 2.24) is 19.8 Å². The molecule has 0 fully saturated rings. The van der Waals surface area contributed by atoms with Crippen LogP contribution in [0.1, 0.15) is 10.4 Å². The quantitative estimate of drug-likeness (QED) is 0.535. The number of H-pyrrole nitrogens is 1. The largest absolute Gasteiger partial charge is 0.366 e. The monoisotopic (exact) mass is 272 g/mol. The number of nitrogens with one attached hydrogen (secondary N) is 1. The molecule has 0 saturated heterocycles. The van der Waals surface area contributed by atoms with E-state index in [4.69, 9.17) is 5.73 Å². The Labute approximate surface area is 111 Å². The molecule has 0 radical (unpaired) electrons. The first-order valence-electron chi connectivity index (χ1n) is 5.53. The van der Waals surface area contributed by atoms with Crippen LogP contribution >= 0.6 is 0 Å². The van der Waals surface area contributed by atoms with Gasteiger partial charge in [0.2, 0.25) is 0 Å². The fraction of sp³-hybridized carbons (Fsp3) is 0. The third-order valence-corrected chi connectivity index (χ3v) is 2.90. The SMILES string of the molecule is NC(=O)c1cnn2c([N+](=O)[O-])ccc2c1-c1cn[nH]c1. The molecule has 0 spiro atoms. The smallest absolute Gasteiger partial charge is 0.348 e. The number of nitro groups is 1. The van der Waals surface area contributed by atoms with Gasteiger partial charge in [-0.1, -0.05) is 9.61 Å². The van der Waals surface area contributed by atoms with E-state index >= 15 is 0 Å². The van der Waals surface area contributed by atoms with E-state index in [0.29, 0.717) is 16.6 Å². The van der Waals surface area contributed by atoms with Gasteiger partial charge in [-0.15, -0.1) is 0 Å². The first-order valence-corrected chi connectivity index (χ1v) is 5.53. The molecule has 9 nitrogen and oxygen atoms in total. The summed E-state index contributed by atoms with van der Waals surface area (Å²) in [6.45, 7) is 0. The maximum Gasteiger partial charge on any atom is 0.348 e. The molecule has 3 aromatic rings. The summed E-state index contributed by atoms with van der Waals surface area (Å²) in [5, 5.41) is 21.3. The normalized spacial score (nSPS) is 10.8. The predicted molar refractivity (Wildman–Crippen MR) is 67.9 cm³/mol. The van der Waals surface area contributed by atoms with E-state index in [0.717, 1.165) is 4.52 Å². The summed E-state index contributed by atoms with van der Waals surface area (Å²) in [4.78, 5) is 21.9. The summed E-state index contributed by atoms with van der Waals surface area (Å²) < 4.78 is 1.15. The lowest BCUT2D eigenvalue weighted by atomic mass is 10.0. The van der Waals surface area contributed by atoms with Crippen LogP contribution in [-0.4, -0.2) is 30.6 Å². The molecule has 0 aliphatic carbocycles. The highest BCUT2D eigenvalue weighted by Crippen LogP contribution is 2.30. The Hall–Kier alpha value is -3.23. The highest BCUT2D eigenvalue weighted by atomic mass is 16.6. The molecule has 0 aromatic carbocycles. The summed E-state index contributed by atoms with van der Waals surface area (Å²) in [5.74, 6) is -0.860. The van der Waals surface area contributed by atoms with E-state index in [-0.39, 0.29) is 11.4 Å². The number of rotatable bonds is 3. The zero-order valence-electron chi connectivity index (χ0n) is 9.98. The van der Waals surface area contributed by atoms with E-state index in [1.54, 1.807) is 6.20 Å². The molecule has 3 aromatic heterocycles. The molecule has 0 unspecified atom stereocenters. The van der Waals surface area contributed by atoms with Gasteiger partial charge in [-0.25, -0.2) is 0 Å². The highest BCUT2D eigenvalue weighted by Gasteiger charge is 2.23. The molecule has 0 bridgehead atoms.